The number of halogens is 1. The van der Waals surface area contributed by atoms with Gasteiger partial charge in [-0.2, -0.15) is 0 Å². The number of rotatable bonds is 1. The summed E-state index contributed by atoms with van der Waals surface area (Å²) in [5.74, 6) is 0. The molecule has 0 amide bonds. The Balaban J connectivity index is 2.53. The van der Waals surface area contributed by atoms with Crippen LogP contribution in [0.3, 0.4) is 0 Å². The van der Waals surface area contributed by atoms with E-state index < -0.39 is 0 Å². The zero-order valence-electron chi connectivity index (χ0n) is 8.66. The van der Waals surface area contributed by atoms with Gasteiger partial charge in [-0.15, -0.1) is 0 Å². The molecule has 0 spiro atoms. The lowest BCUT2D eigenvalue weighted by Crippen LogP contribution is -1.88. The quantitative estimate of drug-likeness (QED) is 0.686. The van der Waals surface area contributed by atoms with Crippen LogP contribution >= 0.6 is 11.6 Å². The largest absolute Gasteiger partial charge is 0.226 e. The van der Waals surface area contributed by atoms with E-state index in [1.165, 1.54) is 11.1 Å². The molecule has 1 aromatic carbocycles. The van der Waals surface area contributed by atoms with Gasteiger partial charge >= 0.3 is 0 Å². The average molecular weight is 219 g/mol. The van der Waals surface area contributed by atoms with E-state index in [1.807, 2.05) is 0 Å². The minimum Gasteiger partial charge on any atom is -0.226 e. The van der Waals surface area contributed by atoms with Gasteiger partial charge in [0.05, 0.1) is 0 Å². The molecule has 2 rings (SSSR count). The van der Waals surface area contributed by atoms with Gasteiger partial charge in [0, 0.05) is 18.0 Å². The minimum absolute atomic E-state index is 0.282. The molecule has 3 heteroatoms. The highest BCUT2D eigenvalue weighted by Gasteiger charge is 2.03. The summed E-state index contributed by atoms with van der Waals surface area (Å²) in [6, 6.07) is 6.32. The predicted octanol–water partition coefficient (Wildman–Crippen LogP) is 3.41. The summed E-state index contributed by atoms with van der Waals surface area (Å²) < 4.78 is 0. The summed E-state index contributed by atoms with van der Waals surface area (Å²) in [7, 11) is 0. The van der Waals surface area contributed by atoms with Crippen LogP contribution in [0.1, 0.15) is 11.1 Å². The second kappa shape index (κ2) is 3.99. The first-order chi connectivity index (χ1) is 7.16. The second-order valence-electron chi connectivity index (χ2n) is 3.56. The van der Waals surface area contributed by atoms with Crippen LogP contribution in [0.4, 0.5) is 0 Å². The molecule has 0 radical (unpaired) electrons. The maximum Gasteiger partial charge on any atom is 0.222 e. The summed E-state index contributed by atoms with van der Waals surface area (Å²) >= 11 is 5.65. The highest BCUT2D eigenvalue weighted by atomic mass is 35.5. The van der Waals surface area contributed by atoms with Crippen LogP contribution in [0.5, 0.6) is 0 Å². The Hall–Kier alpha value is -1.41. The van der Waals surface area contributed by atoms with Gasteiger partial charge in [0.25, 0.3) is 0 Å². The van der Waals surface area contributed by atoms with Crippen molar-refractivity contribution in [3.8, 4) is 11.1 Å². The Morgan fingerprint density at radius 1 is 1.07 bits per heavy atom. The Morgan fingerprint density at radius 3 is 2.40 bits per heavy atom. The van der Waals surface area contributed by atoms with E-state index in [2.05, 4.69) is 42.0 Å². The molecular formula is C12H11ClN2. The molecule has 0 unspecified atom stereocenters. The first kappa shape index (κ1) is 10.1. The van der Waals surface area contributed by atoms with Crippen molar-refractivity contribution in [3.63, 3.8) is 0 Å². The number of nitrogens with zero attached hydrogens (tertiary/aromatic N) is 2. The van der Waals surface area contributed by atoms with Crippen LogP contribution in [0.15, 0.2) is 30.6 Å². The molecule has 1 heterocycles. The third kappa shape index (κ3) is 2.16. The molecule has 2 nitrogen and oxygen atoms in total. The van der Waals surface area contributed by atoms with Gasteiger partial charge in [-0.1, -0.05) is 23.8 Å². The fourth-order valence-electron chi connectivity index (χ4n) is 1.50. The number of aromatic nitrogens is 2. The van der Waals surface area contributed by atoms with Crippen molar-refractivity contribution >= 4 is 11.6 Å². The number of hydrogen-bond acceptors (Lipinski definition) is 2. The van der Waals surface area contributed by atoms with Crippen molar-refractivity contribution in [2.45, 2.75) is 13.8 Å². The third-order valence-corrected chi connectivity index (χ3v) is 2.52. The molecule has 0 bridgehead atoms. The zero-order chi connectivity index (χ0) is 10.8. The topological polar surface area (TPSA) is 25.8 Å². The van der Waals surface area contributed by atoms with E-state index in [0.717, 1.165) is 11.1 Å². The average Bonchev–Trinajstić information content (AvgIpc) is 2.23. The van der Waals surface area contributed by atoms with Gasteiger partial charge in [-0.05, 0) is 36.6 Å². The van der Waals surface area contributed by atoms with Gasteiger partial charge in [-0.25, -0.2) is 9.97 Å². The van der Waals surface area contributed by atoms with E-state index in [-0.39, 0.29) is 5.28 Å². The van der Waals surface area contributed by atoms with E-state index in [1.54, 1.807) is 12.4 Å². The molecule has 0 N–H and O–H groups in total. The lowest BCUT2D eigenvalue weighted by Gasteiger charge is -2.06. The number of aryl methyl sites for hydroxylation is 2. The Labute approximate surface area is 94.0 Å². The number of benzene rings is 1. The fourth-order valence-corrected chi connectivity index (χ4v) is 1.60. The summed E-state index contributed by atoms with van der Waals surface area (Å²) in [4.78, 5) is 7.96. The van der Waals surface area contributed by atoms with Crippen molar-refractivity contribution in [1.29, 1.82) is 0 Å². The maximum atomic E-state index is 5.65. The molecule has 15 heavy (non-hydrogen) atoms. The maximum absolute atomic E-state index is 5.65. The molecule has 76 valence electrons. The molecule has 0 atom stereocenters. The lowest BCUT2D eigenvalue weighted by atomic mass is 10.0. The summed E-state index contributed by atoms with van der Waals surface area (Å²) in [6.45, 7) is 4.14. The smallest absolute Gasteiger partial charge is 0.222 e. The van der Waals surface area contributed by atoms with Crippen LogP contribution < -0.4 is 0 Å². The summed E-state index contributed by atoms with van der Waals surface area (Å²) in [5, 5.41) is 0.282. The van der Waals surface area contributed by atoms with Crippen LogP contribution in [0.2, 0.25) is 5.28 Å². The van der Waals surface area contributed by atoms with E-state index >= 15 is 0 Å². The first-order valence-corrected chi connectivity index (χ1v) is 5.10. The van der Waals surface area contributed by atoms with E-state index in [9.17, 15) is 0 Å². The van der Waals surface area contributed by atoms with Crippen LogP contribution in [-0.4, -0.2) is 9.97 Å². The summed E-state index contributed by atoms with van der Waals surface area (Å²) in [6.07, 6.45) is 3.49. The second-order valence-corrected chi connectivity index (χ2v) is 3.90. The molecule has 0 aliphatic heterocycles. The molecule has 0 saturated heterocycles. The monoisotopic (exact) mass is 218 g/mol. The van der Waals surface area contributed by atoms with Gasteiger partial charge in [0.15, 0.2) is 0 Å². The molecule has 2 aromatic rings. The molecule has 1 aromatic heterocycles. The Kier molecular flexibility index (Phi) is 2.69. The normalized spacial score (nSPS) is 10.3. The fraction of sp³-hybridized carbons (Fsp3) is 0.167. The third-order valence-electron chi connectivity index (χ3n) is 2.32. The van der Waals surface area contributed by atoms with Crippen LogP contribution in [0.25, 0.3) is 11.1 Å². The highest BCUT2D eigenvalue weighted by Crippen LogP contribution is 2.23. The van der Waals surface area contributed by atoms with Crippen molar-refractivity contribution in [2.75, 3.05) is 0 Å². The SMILES string of the molecule is Cc1ccc(C)c(-c2cnc(Cl)nc2)c1. The molecular weight excluding hydrogens is 208 g/mol. The van der Waals surface area contributed by atoms with Gasteiger partial charge in [-0.3, -0.25) is 0 Å². The van der Waals surface area contributed by atoms with Crippen LogP contribution in [-0.2, 0) is 0 Å². The van der Waals surface area contributed by atoms with Gasteiger partial charge in [0.2, 0.25) is 5.28 Å². The van der Waals surface area contributed by atoms with Crippen molar-refractivity contribution in [1.82, 2.24) is 9.97 Å². The van der Waals surface area contributed by atoms with Crippen LogP contribution in [0, 0.1) is 13.8 Å². The molecule has 0 fully saturated rings. The standard InChI is InChI=1S/C12H11ClN2/c1-8-3-4-9(2)11(5-8)10-6-14-12(13)15-7-10/h3-7H,1-2H3. The highest BCUT2D eigenvalue weighted by molar-refractivity contribution is 6.28. The molecule has 0 saturated carbocycles. The van der Waals surface area contributed by atoms with E-state index in [4.69, 9.17) is 11.6 Å². The predicted molar refractivity (Wildman–Crippen MR) is 62.0 cm³/mol. The zero-order valence-corrected chi connectivity index (χ0v) is 9.42. The van der Waals surface area contributed by atoms with Crippen molar-refractivity contribution < 1.29 is 0 Å². The molecule has 0 aliphatic rings. The summed E-state index contributed by atoms with van der Waals surface area (Å²) in [5.41, 5.74) is 4.60. The van der Waals surface area contributed by atoms with Gasteiger partial charge in [0.1, 0.15) is 0 Å². The van der Waals surface area contributed by atoms with Crippen molar-refractivity contribution in [2.24, 2.45) is 0 Å². The van der Waals surface area contributed by atoms with Crippen molar-refractivity contribution in [3.05, 3.63) is 47.0 Å². The van der Waals surface area contributed by atoms with E-state index in [0.29, 0.717) is 0 Å². The Morgan fingerprint density at radius 2 is 1.73 bits per heavy atom. The first-order valence-electron chi connectivity index (χ1n) is 4.72. The molecule has 0 aliphatic carbocycles. The number of hydrogen-bond donors (Lipinski definition) is 0. The van der Waals surface area contributed by atoms with Gasteiger partial charge < -0.3 is 0 Å². The Bertz CT molecular complexity index is 477. The minimum atomic E-state index is 0.282. The lowest BCUT2D eigenvalue weighted by molar-refractivity contribution is 1.17.